The minimum Gasteiger partial charge on any atom is -0.366 e. The monoisotopic (exact) mass is 194 g/mol. The van der Waals surface area contributed by atoms with Crippen LogP contribution in [0.5, 0.6) is 0 Å². The van der Waals surface area contributed by atoms with Gasteiger partial charge in [-0.1, -0.05) is 17.7 Å². The Balaban J connectivity index is 0.000000364. The van der Waals surface area contributed by atoms with Crippen molar-refractivity contribution in [1.29, 1.82) is 0 Å². The van der Waals surface area contributed by atoms with Gasteiger partial charge in [-0.25, -0.2) is 0 Å². The molecular formula is C11H18N2O. The maximum atomic E-state index is 10.5. The number of benzene rings is 1. The summed E-state index contributed by atoms with van der Waals surface area (Å²) in [6.45, 7) is 1.96. The van der Waals surface area contributed by atoms with Crippen molar-refractivity contribution in [3.8, 4) is 0 Å². The van der Waals surface area contributed by atoms with E-state index in [2.05, 4.69) is 0 Å². The molecule has 1 aromatic carbocycles. The SMILES string of the molecule is CN(C)C.Cc1ccc(C(N)=O)cc1. The van der Waals surface area contributed by atoms with Crippen LogP contribution in [0.3, 0.4) is 0 Å². The van der Waals surface area contributed by atoms with Gasteiger partial charge in [0.05, 0.1) is 0 Å². The molecule has 0 aliphatic carbocycles. The summed E-state index contributed by atoms with van der Waals surface area (Å²) >= 11 is 0. The van der Waals surface area contributed by atoms with Crippen molar-refractivity contribution >= 4 is 5.91 Å². The Morgan fingerprint density at radius 3 is 1.79 bits per heavy atom. The average Bonchev–Trinajstić information content (AvgIpc) is 2.03. The smallest absolute Gasteiger partial charge is 0.248 e. The summed E-state index contributed by atoms with van der Waals surface area (Å²) in [7, 11) is 6.00. The second kappa shape index (κ2) is 6.16. The Bertz CT molecular complexity index is 275. The molecule has 1 aromatic rings. The fourth-order valence-electron chi connectivity index (χ4n) is 0.718. The number of primary amides is 1. The zero-order chi connectivity index (χ0) is 11.1. The minimum atomic E-state index is -0.375. The first-order chi connectivity index (χ1) is 6.43. The molecule has 14 heavy (non-hydrogen) atoms. The molecule has 0 aliphatic heterocycles. The number of hydrogen-bond acceptors (Lipinski definition) is 2. The van der Waals surface area contributed by atoms with Crippen LogP contribution in [0, 0.1) is 6.92 Å². The van der Waals surface area contributed by atoms with Gasteiger partial charge in [-0.2, -0.15) is 0 Å². The number of aryl methyl sites for hydroxylation is 1. The predicted molar refractivity (Wildman–Crippen MR) is 59.3 cm³/mol. The van der Waals surface area contributed by atoms with Crippen molar-refractivity contribution in [3.63, 3.8) is 0 Å². The van der Waals surface area contributed by atoms with E-state index in [1.54, 1.807) is 12.1 Å². The number of hydrogen-bond donors (Lipinski definition) is 1. The second-order valence-corrected chi connectivity index (χ2v) is 3.57. The summed E-state index contributed by atoms with van der Waals surface area (Å²) in [6, 6.07) is 7.16. The molecule has 0 spiro atoms. The minimum absolute atomic E-state index is 0.375. The van der Waals surface area contributed by atoms with E-state index in [0.29, 0.717) is 5.56 Å². The van der Waals surface area contributed by atoms with Crippen molar-refractivity contribution in [1.82, 2.24) is 4.90 Å². The van der Waals surface area contributed by atoms with Crippen LogP contribution in [0.25, 0.3) is 0 Å². The van der Waals surface area contributed by atoms with E-state index in [0.717, 1.165) is 5.56 Å². The van der Waals surface area contributed by atoms with Crippen LogP contribution in [0.15, 0.2) is 24.3 Å². The fourth-order valence-corrected chi connectivity index (χ4v) is 0.718. The Kier molecular flexibility index (Phi) is 5.56. The summed E-state index contributed by atoms with van der Waals surface area (Å²) in [5.74, 6) is -0.375. The Morgan fingerprint density at radius 1 is 1.14 bits per heavy atom. The Hall–Kier alpha value is -1.35. The molecule has 1 amide bonds. The molecule has 0 saturated heterocycles. The number of nitrogens with zero attached hydrogens (tertiary/aromatic N) is 1. The van der Waals surface area contributed by atoms with E-state index < -0.39 is 0 Å². The van der Waals surface area contributed by atoms with Gasteiger partial charge in [0, 0.05) is 5.56 Å². The van der Waals surface area contributed by atoms with E-state index in [9.17, 15) is 4.79 Å². The first-order valence-corrected chi connectivity index (χ1v) is 4.41. The van der Waals surface area contributed by atoms with E-state index in [1.807, 2.05) is 45.1 Å². The number of nitrogens with two attached hydrogens (primary N) is 1. The van der Waals surface area contributed by atoms with Crippen molar-refractivity contribution in [2.45, 2.75) is 6.92 Å². The van der Waals surface area contributed by atoms with Crippen LogP contribution >= 0.6 is 0 Å². The van der Waals surface area contributed by atoms with Gasteiger partial charge < -0.3 is 10.6 Å². The number of amides is 1. The highest BCUT2D eigenvalue weighted by Crippen LogP contribution is 2.00. The molecule has 3 heteroatoms. The Labute approximate surface area is 85.5 Å². The van der Waals surface area contributed by atoms with Gasteiger partial charge in [0.15, 0.2) is 0 Å². The highest BCUT2D eigenvalue weighted by Gasteiger charge is 1.95. The maximum absolute atomic E-state index is 10.5. The number of carbonyl (C=O) groups excluding carboxylic acids is 1. The highest BCUT2D eigenvalue weighted by atomic mass is 16.1. The Morgan fingerprint density at radius 2 is 1.50 bits per heavy atom. The third-order valence-corrected chi connectivity index (χ3v) is 1.34. The average molecular weight is 194 g/mol. The van der Waals surface area contributed by atoms with E-state index in [1.165, 1.54) is 0 Å². The standard InChI is InChI=1S/C8H9NO.C3H9N/c1-6-2-4-7(5-3-6)8(9)10;1-4(2)3/h2-5H,1H3,(H2,9,10);1-3H3. The third kappa shape index (κ3) is 6.20. The lowest BCUT2D eigenvalue weighted by molar-refractivity contribution is 0.100. The maximum Gasteiger partial charge on any atom is 0.248 e. The largest absolute Gasteiger partial charge is 0.366 e. The zero-order valence-corrected chi connectivity index (χ0v) is 9.24. The van der Waals surface area contributed by atoms with Crippen LogP contribution in [-0.2, 0) is 0 Å². The molecule has 0 unspecified atom stereocenters. The van der Waals surface area contributed by atoms with E-state index in [4.69, 9.17) is 5.73 Å². The molecule has 1 rings (SSSR count). The predicted octanol–water partition coefficient (Wildman–Crippen LogP) is 1.27. The lowest BCUT2D eigenvalue weighted by atomic mass is 10.1. The van der Waals surface area contributed by atoms with Crippen LogP contribution < -0.4 is 5.73 Å². The summed E-state index contributed by atoms with van der Waals surface area (Å²) < 4.78 is 0. The molecular weight excluding hydrogens is 176 g/mol. The van der Waals surface area contributed by atoms with E-state index in [-0.39, 0.29) is 5.91 Å². The lowest BCUT2D eigenvalue weighted by Gasteiger charge is -1.93. The summed E-state index contributed by atoms with van der Waals surface area (Å²) in [5, 5.41) is 0. The van der Waals surface area contributed by atoms with Crippen molar-refractivity contribution in [2.24, 2.45) is 5.73 Å². The molecule has 0 saturated carbocycles. The quantitative estimate of drug-likeness (QED) is 0.732. The van der Waals surface area contributed by atoms with Crippen molar-refractivity contribution in [3.05, 3.63) is 35.4 Å². The molecule has 78 valence electrons. The fraction of sp³-hybridized carbons (Fsp3) is 0.364. The van der Waals surface area contributed by atoms with Crippen molar-refractivity contribution < 1.29 is 4.79 Å². The topological polar surface area (TPSA) is 46.3 Å². The molecule has 2 N–H and O–H groups in total. The summed E-state index contributed by atoms with van der Waals surface area (Å²) in [5.41, 5.74) is 6.72. The van der Waals surface area contributed by atoms with Gasteiger partial charge in [-0.15, -0.1) is 0 Å². The van der Waals surface area contributed by atoms with Crippen LogP contribution in [-0.4, -0.2) is 32.0 Å². The molecule has 0 bridgehead atoms. The summed E-state index contributed by atoms with van der Waals surface area (Å²) in [6.07, 6.45) is 0. The number of carbonyl (C=O) groups is 1. The van der Waals surface area contributed by atoms with Crippen LogP contribution in [0.2, 0.25) is 0 Å². The first-order valence-electron chi connectivity index (χ1n) is 4.41. The molecule has 0 atom stereocenters. The van der Waals surface area contributed by atoms with Gasteiger partial charge in [0.1, 0.15) is 0 Å². The van der Waals surface area contributed by atoms with Gasteiger partial charge in [-0.3, -0.25) is 4.79 Å². The molecule has 0 aliphatic rings. The molecule has 0 fully saturated rings. The van der Waals surface area contributed by atoms with E-state index >= 15 is 0 Å². The highest BCUT2D eigenvalue weighted by molar-refractivity contribution is 5.92. The molecule has 3 nitrogen and oxygen atoms in total. The van der Waals surface area contributed by atoms with Gasteiger partial charge >= 0.3 is 0 Å². The number of rotatable bonds is 1. The van der Waals surface area contributed by atoms with Gasteiger partial charge in [-0.05, 0) is 40.2 Å². The van der Waals surface area contributed by atoms with Crippen molar-refractivity contribution in [2.75, 3.05) is 21.1 Å². The lowest BCUT2D eigenvalue weighted by Crippen LogP contribution is -2.10. The normalized spacial score (nSPS) is 9.21. The molecule has 0 heterocycles. The third-order valence-electron chi connectivity index (χ3n) is 1.34. The summed E-state index contributed by atoms with van der Waals surface area (Å²) in [4.78, 5) is 12.5. The second-order valence-electron chi connectivity index (χ2n) is 3.57. The first kappa shape index (κ1) is 12.7. The van der Waals surface area contributed by atoms with Crippen LogP contribution in [0.1, 0.15) is 15.9 Å². The van der Waals surface area contributed by atoms with Crippen LogP contribution in [0.4, 0.5) is 0 Å². The molecule has 0 radical (unpaired) electrons. The molecule has 0 aromatic heterocycles. The van der Waals surface area contributed by atoms with Gasteiger partial charge in [0.25, 0.3) is 0 Å². The zero-order valence-electron chi connectivity index (χ0n) is 9.24. The van der Waals surface area contributed by atoms with Gasteiger partial charge in [0.2, 0.25) is 5.91 Å².